The Balaban J connectivity index is 0.00000289. The molecule has 1 unspecified atom stereocenters. The summed E-state index contributed by atoms with van der Waals surface area (Å²) in [7, 11) is 1.83. The molecule has 5 nitrogen and oxygen atoms in total. The van der Waals surface area contributed by atoms with Crippen LogP contribution in [0.3, 0.4) is 0 Å². The fourth-order valence-corrected chi connectivity index (χ4v) is 1.56. The average molecular weight is 278 g/mol. The zero-order valence-corrected chi connectivity index (χ0v) is 11.9. The van der Waals surface area contributed by atoms with Gasteiger partial charge in [0.2, 0.25) is 11.8 Å². The van der Waals surface area contributed by atoms with Crippen molar-refractivity contribution in [2.24, 2.45) is 5.92 Å². The lowest BCUT2D eigenvalue weighted by Crippen LogP contribution is -2.35. The molecule has 0 saturated heterocycles. The summed E-state index contributed by atoms with van der Waals surface area (Å²) in [5.41, 5.74) is 0. The molecule has 0 aromatic carbocycles. The van der Waals surface area contributed by atoms with Crippen LogP contribution in [-0.2, 0) is 9.59 Å². The number of halogens is 1. The molecule has 0 aliphatic heterocycles. The molecule has 1 aliphatic rings. The summed E-state index contributed by atoms with van der Waals surface area (Å²) in [6, 6.07) is 0.424. The fraction of sp³-hybridized carbons (Fsp3) is 0.833. The van der Waals surface area contributed by atoms with Gasteiger partial charge in [0, 0.05) is 31.5 Å². The van der Waals surface area contributed by atoms with E-state index in [9.17, 15) is 9.59 Å². The normalized spacial score (nSPS) is 15.4. The van der Waals surface area contributed by atoms with E-state index >= 15 is 0 Å². The van der Waals surface area contributed by atoms with Gasteiger partial charge in [0.1, 0.15) is 0 Å². The van der Waals surface area contributed by atoms with Crippen LogP contribution in [0.2, 0.25) is 0 Å². The van der Waals surface area contributed by atoms with Gasteiger partial charge in [0.15, 0.2) is 0 Å². The zero-order chi connectivity index (χ0) is 12.7. The molecule has 1 fully saturated rings. The Labute approximate surface area is 115 Å². The summed E-state index contributed by atoms with van der Waals surface area (Å²) in [5, 5.41) is 8.72. The smallest absolute Gasteiger partial charge is 0.224 e. The van der Waals surface area contributed by atoms with Gasteiger partial charge in [-0.1, -0.05) is 6.92 Å². The summed E-state index contributed by atoms with van der Waals surface area (Å²) in [6.45, 7) is 3.13. The molecule has 0 aromatic heterocycles. The molecule has 2 amide bonds. The van der Waals surface area contributed by atoms with Crippen LogP contribution in [0.1, 0.15) is 32.6 Å². The van der Waals surface area contributed by atoms with Crippen molar-refractivity contribution in [2.45, 2.75) is 38.6 Å². The first kappa shape index (κ1) is 17.2. The third kappa shape index (κ3) is 7.50. The Kier molecular flexibility index (Phi) is 8.75. The van der Waals surface area contributed by atoms with Gasteiger partial charge in [0.25, 0.3) is 0 Å². The third-order valence-corrected chi connectivity index (χ3v) is 2.78. The maximum absolute atomic E-state index is 11.5. The van der Waals surface area contributed by atoms with E-state index in [1.54, 1.807) is 0 Å². The molecule has 3 N–H and O–H groups in total. The Bertz CT molecular complexity index is 270. The molecule has 1 atom stereocenters. The topological polar surface area (TPSA) is 70.2 Å². The highest BCUT2D eigenvalue weighted by Crippen LogP contribution is 2.18. The highest BCUT2D eigenvalue weighted by molar-refractivity contribution is 5.85. The number of amides is 2. The van der Waals surface area contributed by atoms with Crippen molar-refractivity contribution in [3.63, 3.8) is 0 Å². The minimum absolute atomic E-state index is 0. The van der Waals surface area contributed by atoms with Crippen LogP contribution >= 0.6 is 12.4 Å². The van der Waals surface area contributed by atoms with Gasteiger partial charge in [-0.25, -0.2) is 0 Å². The summed E-state index contributed by atoms with van der Waals surface area (Å²) < 4.78 is 0. The van der Waals surface area contributed by atoms with Gasteiger partial charge in [-0.05, 0) is 26.3 Å². The van der Waals surface area contributed by atoms with Crippen LogP contribution in [0, 0.1) is 5.92 Å². The maximum Gasteiger partial charge on any atom is 0.224 e. The van der Waals surface area contributed by atoms with Crippen LogP contribution in [0.15, 0.2) is 0 Å². The predicted molar refractivity (Wildman–Crippen MR) is 73.7 cm³/mol. The standard InChI is InChI=1S/C12H23N3O2.ClH/c1-9(8-13-2)12(17)14-7-3-4-11(16)15-10-5-6-10;/h9-10,13H,3-8H2,1-2H3,(H,14,17)(H,15,16);1H. The van der Waals surface area contributed by atoms with Crippen molar-refractivity contribution in [2.75, 3.05) is 20.1 Å². The maximum atomic E-state index is 11.5. The van der Waals surface area contributed by atoms with E-state index < -0.39 is 0 Å². The van der Waals surface area contributed by atoms with Crippen molar-refractivity contribution < 1.29 is 9.59 Å². The minimum Gasteiger partial charge on any atom is -0.356 e. The Morgan fingerprint density at radius 1 is 1.33 bits per heavy atom. The van der Waals surface area contributed by atoms with Gasteiger partial charge in [-0.15, -0.1) is 12.4 Å². The number of rotatable bonds is 8. The van der Waals surface area contributed by atoms with Crippen LogP contribution in [-0.4, -0.2) is 38.0 Å². The summed E-state index contributed by atoms with van der Waals surface area (Å²) in [6.07, 6.45) is 3.43. The van der Waals surface area contributed by atoms with Crippen molar-refractivity contribution in [1.82, 2.24) is 16.0 Å². The summed E-state index contributed by atoms with van der Waals surface area (Å²) in [5.74, 6) is 0.118. The van der Waals surface area contributed by atoms with Crippen molar-refractivity contribution in [3.05, 3.63) is 0 Å². The van der Waals surface area contributed by atoms with Crippen LogP contribution in [0.4, 0.5) is 0 Å². The molecule has 0 spiro atoms. The van der Waals surface area contributed by atoms with Crippen LogP contribution in [0.25, 0.3) is 0 Å². The first-order chi connectivity index (χ1) is 8.13. The summed E-state index contributed by atoms with van der Waals surface area (Å²) >= 11 is 0. The molecule has 18 heavy (non-hydrogen) atoms. The highest BCUT2D eigenvalue weighted by Gasteiger charge is 2.22. The van der Waals surface area contributed by atoms with Crippen molar-refractivity contribution >= 4 is 24.2 Å². The molecule has 0 radical (unpaired) electrons. The number of hydrogen-bond acceptors (Lipinski definition) is 3. The van der Waals surface area contributed by atoms with E-state index in [-0.39, 0.29) is 30.1 Å². The van der Waals surface area contributed by atoms with Crippen molar-refractivity contribution in [3.8, 4) is 0 Å². The molecular formula is C12H24ClN3O2. The fourth-order valence-electron chi connectivity index (χ4n) is 1.56. The van der Waals surface area contributed by atoms with Gasteiger partial charge in [0.05, 0.1) is 0 Å². The molecule has 1 saturated carbocycles. The minimum atomic E-state index is -0.0275. The number of carbonyl (C=O) groups excluding carboxylic acids is 2. The monoisotopic (exact) mass is 277 g/mol. The second-order valence-electron chi connectivity index (χ2n) is 4.70. The largest absolute Gasteiger partial charge is 0.356 e. The zero-order valence-electron chi connectivity index (χ0n) is 11.1. The molecule has 0 aromatic rings. The lowest BCUT2D eigenvalue weighted by atomic mass is 10.1. The second kappa shape index (κ2) is 9.16. The lowest BCUT2D eigenvalue weighted by molar-refractivity contribution is -0.125. The van der Waals surface area contributed by atoms with Crippen molar-refractivity contribution in [1.29, 1.82) is 0 Å². The first-order valence-corrected chi connectivity index (χ1v) is 6.35. The Morgan fingerprint density at radius 3 is 2.56 bits per heavy atom. The average Bonchev–Trinajstić information content (AvgIpc) is 3.08. The molecule has 1 rings (SSSR count). The number of carbonyl (C=O) groups is 2. The highest BCUT2D eigenvalue weighted by atomic mass is 35.5. The van der Waals surface area contributed by atoms with E-state index in [2.05, 4.69) is 16.0 Å². The molecule has 0 bridgehead atoms. The van der Waals surface area contributed by atoms with Gasteiger partial charge < -0.3 is 16.0 Å². The van der Waals surface area contributed by atoms with E-state index in [1.165, 1.54) is 0 Å². The van der Waals surface area contributed by atoms with Gasteiger partial charge in [-0.3, -0.25) is 9.59 Å². The van der Waals surface area contributed by atoms with Crippen LogP contribution in [0.5, 0.6) is 0 Å². The SMILES string of the molecule is CNCC(C)C(=O)NCCCC(=O)NC1CC1.Cl. The molecule has 1 aliphatic carbocycles. The van der Waals surface area contributed by atoms with Gasteiger partial charge >= 0.3 is 0 Å². The van der Waals surface area contributed by atoms with E-state index in [1.807, 2.05) is 14.0 Å². The molecule has 6 heteroatoms. The first-order valence-electron chi connectivity index (χ1n) is 6.35. The van der Waals surface area contributed by atoms with E-state index in [0.29, 0.717) is 32.0 Å². The summed E-state index contributed by atoms with van der Waals surface area (Å²) in [4.78, 5) is 22.9. The number of hydrogen-bond donors (Lipinski definition) is 3. The number of nitrogens with one attached hydrogen (secondary N) is 3. The predicted octanol–water partition coefficient (Wildman–Crippen LogP) is 0.439. The molecule has 0 heterocycles. The Morgan fingerprint density at radius 2 is 2.00 bits per heavy atom. The van der Waals surface area contributed by atoms with Gasteiger partial charge in [-0.2, -0.15) is 0 Å². The second-order valence-corrected chi connectivity index (χ2v) is 4.70. The van der Waals surface area contributed by atoms with Crippen LogP contribution < -0.4 is 16.0 Å². The van der Waals surface area contributed by atoms with E-state index in [0.717, 1.165) is 12.8 Å². The van der Waals surface area contributed by atoms with E-state index in [4.69, 9.17) is 0 Å². The Hall–Kier alpha value is -0.810. The third-order valence-electron chi connectivity index (χ3n) is 2.78. The quantitative estimate of drug-likeness (QED) is 0.564. The molecule has 106 valence electrons. The molecular weight excluding hydrogens is 254 g/mol. The lowest BCUT2D eigenvalue weighted by Gasteiger charge is -2.11.